The van der Waals surface area contributed by atoms with Crippen molar-refractivity contribution in [2.75, 3.05) is 6.61 Å². The van der Waals surface area contributed by atoms with Gasteiger partial charge in [0.1, 0.15) is 9.81 Å². The SMILES string of the molecule is CC(C)(C)OC(=O)COC1=C/C(=N/S(=O)(=O)c2cccs2)c2ccccc2C1=O. The van der Waals surface area contributed by atoms with Crippen molar-refractivity contribution in [2.45, 2.75) is 30.6 Å². The minimum Gasteiger partial charge on any atom is -0.478 e. The van der Waals surface area contributed by atoms with Gasteiger partial charge >= 0.3 is 5.97 Å². The summed E-state index contributed by atoms with van der Waals surface area (Å²) in [5, 5.41) is 1.64. The van der Waals surface area contributed by atoms with Crippen molar-refractivity contribution in [2.24, 2.45) is 4.40 Å². The molecule has 0 saturated carbocycles. The van der Waals surface area contributed by atoms with Gasteiger partial charge < -0.3 is 9.47 Å². The van der Waals surface area contributed by atoms with Gasteiger partial charge in [-0.2, -0.15) is 12.8 Å². The van der Waals surface area contributed by atoms with Crippen molar-refractivity contribution in [3.05, 3.63) is 64.7 Å². The van der Waals surface area contributed by atoms with Gasteiger partial charge in [0.05, 0.1) is 5.71 Å². The number of carbonyl (C=O) groups excluding carboxylic acids is 2. The number of sulfonamides is 1. The number of ether oxygens (including phenoxy) is 2. The van der Waals surface area contributed by atoms with E-state index in [2.05, 4.69) is 4.40 Å². The van der Waals surface area contributed by atoms with E-state index in [0.717, 1.165) is 11.3 Å². The molecule has 1 aromatic heterocycles. The fourth-order valence-electron chi connectivity index (χ4n) is 2.58. The molecule has 0 fully saturated rings. The van der Waals surface area contributed by atoms with E-state index in [1.165, 1.54) is 12.1 Å². The number of hydrogen-bond acceptors (Lipinski definition) is 7. The minimum absolute atomic E-state index is 0.0628. The van der Waals surface area contributed by atoms with Crippen LogP contribution in [0.1, 0.15) is 36.7 Å². The number of esters is 1. The number of hydrogen-bond donors (Lipinski definition) is 0. The van der Waals surface area contributed by atoms with Gasteiger partial charge in [0, 0.05) is 17.2 Å². The predicted octanol–water partition coefficient (Wildman–Crippen LogP) is 3.36. The van der Waals surface area contributed by atoms with Crippen LogP contribution in [-0.4, -0.2) is 38.1 Å². The highest BCUT2D eigenvalue weighted by Crippen LogP contribution is 2.25. The summed E-state index contributed by atoms with van der Waals surface area (Å²) in [5.74, 6) is -1.28. The third kappa shape index (κ3) is 4.99. The lowest BCUT2D eigenvalue weighted by Crippen LogP contribution is -2.28. The van der Waals surface area contributed by atoms with E-state index in [1.807, 2.05) is 0 Å². The minimum atomic E-state index is -3.95. The summed E-state index contributed by atoms with van der Waals surface area (Å²) in [6.45, 7) is 4.66. The molecule has 1 aliphatic carbocycles. The molecule has 3 rings (SSSR count). The van der Waals surface area contributed by atoms with E-state index in [0.29, 0.717) is 5.56 Å². The molecule has 0 aliphatic heterocycles. The van der Waals surface area contributed by atoms with Gasteiger partial charge in [0.2, 0.25) is 5.78 Å². The second kappa shape index (κ2) is 7.92. The standard InChI is InChI=1S/C20H19NO6S2/c1-20(2,3)27-17(22)12-26-16-11-15(13-7-4-5-8-14(13)19(16)23)21-29(24,25)18-9-6-10-28-18/h4-11H,12H2,1-3H3/b21-15-. The van der Waals surface area contributed by atoms with Crippen molar-refractivity contribution < 1.29 is 27.5 Å². The topological polar surface area (TPSA) is 99.1 Å². The molecule has 0 amide bonds. The van der Waals surface area contributed by atoms with Crippen molar-refractivity contribution in [1.29, 1.82) is 0 Å². The zero-order valence-electron chi connectivity index (χ0n) is 16.0. The second-order valence-corrected chi connectivity index (χ2v) is 9.92. The average molecular weight is 434 g/mol. The second-order valence-electron chi connectivity index (χ2n) is 7.14. The van der Waals surface area contributed by atoms with E-state index in [4.69, 9.17) is 9.47 Å². The fourth-order valence-corrected chi connectivity index (χ4v) is 4.54. The van der Waals surface area contributed by atoms with Gasteiger partial charge in [0.15, 0.2) is 12.4 Å². The number of rotatable bonds is 5. The number of Topliss-reactive ketones (excluding diaryl/α,β-unsaturated/α-hetero) is 1. The summed E-state index contributed by atoms with van der Waals surface area (Å²) in [6, 6.07) is 9.56. The Morgan fingerprint density at radius 1 is 1.10 bits per heavy atom. The maximum absolute atomic E-state index is 12.7. The Hall–Kier alpha value is -2.78. The summed E-state index contributed by atoms with van der Waals surface area (Å²) < 4.78 is 39.7. The molecule has 0 atom stereocenters. The molecule has 1 aromatic carbocycles. The largest absolute Gasteiger partial charge is 0.478 e. The van der Waals surface area contributed by atoms with E-state index >= 15 is 0 Å². The highest BCUT2D eigenvalue weighted by atomic mass is 32.2. The van der Waals surface area contributed by atoms with E-state index < -0.39 is 34.0 Å². The van der Waals surface area contributed by atoms with Crippen molar-refractivity contribution in [3.8, 4) is 0 Å². The molecule has 1 aliphatic rings. The molecular formula is C20H19NO6S2. The average Bonchev–Trinajstić information content (AvgIpc) is 3.17. The molecule has 152 valence electrons. The normalized spacial score (nSPS) is 15.6. The van der Waals surface area contributed by atoms with E-state index in [1.54, 1.807) is 56.5 Å². The first-order chi connectivity index (χ1) is 13.6. The highest BCUT2D eigenvalue weighted by molar-refractivity contribution is 7.92. The monoisotopic (exact) mass is 433 g/mol. The Balaban J connectivity index is 1.95. The first-order valence-corrected chi connectivity index (χ1v) is 11.0. The molecule has 7 nitrogen and oxygen atoms in total. The van der Waals surface area contributed by atoms with Crippen LogP contribution in [0.4, 0.5) is 0 Å². The van der Waals surface area contributed by atoms with Gasteiger partial charge in [-0.25, -0.2) is 4.79 Å². The van der Waals surface area contributed by atoms with Gasteiger partial charge in [-0.05, 0) is 32.2 Å². The Morgan fingerprint density at radius 3 is 2.41 bits per heavy atom. The molecular weight excluding hydrogens is 414 g/mol. The van der Waals surface area contributed by atoms with Crippen molar-refractivity contribution >= 4 is 38.8 Å². The number of thiophene rings is 1. The van der Waals surface area contributed by atoms with Crippen molar-refractivity contribution in [3.63, 3.8) is 0 Å². The predicted molar refractivity (Wildman–Crippen MR) is 109 cm³/mol. The number of carbonyl (C=O) groups is 2. The number of allylic oxidation sites excluding steroid dienone is 2. The molecule has 2 aromatic rings. The number of nitrogens with zero attached hydrogens (tertiary/aromatic N) is 1. The third-order valence-corrected chi connectivity index (χ3v) is 6.34. The molecule has 0 spiro atoms. The lowest BCUT2D eigenvalue weighted by atomic mass is 9.93. The zero-order chi connectivity index (χ0) is 21.2. The Labute approximate surface area is 172 Å². The molecule has 0 unspecified atom stereocenters. The van der Waals surface area contributed by atoms with Gasteiger partial charge in [-0.1, -0.05) is 30.3 Å². The maximum Gasteiger partial charge on any atom is 0.344 e. The lowest BCUT2D eigenvalue weighted by Gasteiger charge is -2.21. The molecule has 1 heterocycles. The third-order valence-electron chi connectivity index (χ3n) is 3.67. The Morgan fingerprint density at radius 2 is 1.79 bits per heavy atom. The van der Waals surface area contributed by atoms with Crippen LogP contribution in [0.5, 0.6) is 0 Å². The number of benzene rings is 1. The summed E-state index contributed by atoms with van der Waals surface area (Å²) in [5.41, 5.74) is -0.0104. The van der Waals surface area contributed by atoms with Crippen LogP contribution in [-0.2, 0) is 24.3 Å². The zero-order valence-corrected chi connectivity index (χ0v) is 17.7. The Bertz CT molecular complexity index is 1110. The van der Waals surface area contributed by atoms with Crippen LogP contribution in [0.3, 0.4) is 0 Å². The number of ketones is 1. The van der Waals surface area contributed by atoms with Crippen LogP contribution in [0.15, 0.2) is 62.2 Å². The Kier molecular flexibility index (Phi) is 5.72. The summed E-state index contributed by atoms with van der Waals surface area (Å²) in [6.07, 6.45) is 1.24. The first kappa shape index (κ1) is 20.9. The maximum atomic E-state index is 12.7. The quantitative estimate of drug-likeness (QED) is 0.671. The summed E-state index contributed by atoms with van der Waals surface area (Å²) in [7, 11) is -3.95. The lowest BCUT2D eigenvalue weighted by molar-refractivity contribution is -0.158. The van der Waals surface area contributed by atoms with Gasteiger partial charge in [-0.3, -0.25) is 4.79 Å². The smallest absolute Gasteiger partial charge is 0.344 e. The van der Waals surface area contributed by atoms with Crippen LogP contribution >= 0.6 is 11.3 Å². The van der Waals surface area contributed by atoms with Crippen LogP contribution in [0, 0.1) is 0 Å². The van der Waals surface area contributed by atoms with E-state index in [9.17, 15) is 18.0 Å². The molecule has 0 radical (unpaired) electrons. The molecule has 0 N–H and O–H groups in total. The highest BCUT2D eigenvalue weighted by Gasteiger charge is 2.28. The summed E-state index contributed by atoms with van der Waals surface area (Å²) in [4.78, 5) is 24.6. The first-order valence-electron chi connectivity index (χ1n) is 8.66. The van der Waals surface area contributed by atoms with Crippen molar-refractivity contribution in [1.82, 2.24) is 0 Å². The van der Waals surface area contributed by atoms with Crippen LogP contribution in [0.25, 0.3) is 0 Å². The van der Waals surface area contributed by atoms with E-state index in [-0.39, 0.29) is 21.2 Å². The summed E-state index contributed by atoms with van der Waals surface area (Å²) >= 11 is 1.05. The number of fused-ring (bicyclic) bond motifs is 1. The molecule has 0 bridgehead atoms. The van der Waals surface area contributed by atoms with Gasteiger partial charge in [0.25, 0.3) is 10.0 Å². The van der Waals surface area contributed by atoms with Gasteiger partial charge in [-0.15, -0.1) is 11.3 Å². The molecule has 29 heavy (non-hydrogen) atoms. The molecule has 9 heteroatoms. The molecule has 0 saturated heterocycles. The fraction of sp³-hybridized carbons (Fsp3) is 0.250. The van der Waals surface area contributed by atoms with Crippen LogP contribution in [0.2, 0.25) is 0 Å². The van der Waals surface area contributed by atoms with Crippen LogP contribution < -0.4 is 0 Å².